The smallest absolute Gasteiger partial charge is 0.329 e. The second kappa shape index (κ2) is 12.0. The first kappa shape index (κ1) is 25.1. The van der Waals surface area contributed by atoms with Crippen LogP contribution < -0.4 is 5.32 Å². The summed E-state index contributed by atoms with van der Waals surface area (Å²) in [5.41, 5.74) is 1.98. The minimum absolute atomic E-state index is 0.0846. The van der Waals surface area contributed by atoms with Gasteiger partial charge in [-0.15, -0.1) is 0 Å². The molecule has 3 aromatic rings. The highest BCUT2D eigenvalue weighted by atomic mass is 16.6. The summed E-state index contributed by atoms with van der Waals surface area (Å²) >= 11 is 0. The van der Waals surface area contributed by atoms with Crippen LogP contribution in [0.4, 0.5) is 0 Å². The van der Waals surface area contributed by atoms with Crippen molar-refractivity contribution in [3.8, 4) is 0 Å². The number of esters is 1. The molecule has 0 unspecified atom stereocenters. The van der Waals surface area contributed by atoms with Crippen LogP contribution in [0, 0.1) is 0 Å². The van der Waals surface area contributed by atoms with Crippen molar-refractivity contribution in [2.45, 2.75) is 51.9 Å². The maximum absolute atomic E-state index is 13.1. The van der Waals surface area contributed by atoms with Gasteiger partial charge in [0, 0.05) is 31.9 Å². The normalized spacial score (nSPS) is 12.2. The van der Waals surface area contributed by atoms with Gasteiger partial charge in [-0.3, -0.25) is 19.7 Å². The lowest BCUT2D eigenvalue weighted by atomic mass is 10.1. The molecule has 3 rings (SSSR count). The van der Waals surface area contributed by atoms with Crippen LogP contribution in [0.15, 0.2) is 79.1 Å². The molecule has 7 heteroatoms. The summed E-state index contributed by atoms with van der Waals surface area (Å²) in [7, 11) is 0. The van der Waals surface area contributed by atoms with E-state index in [1.165, 1.54) is 0 Å². The molecule has 0 aliphatic carbocycles. The molecule has 0 aliphatic rings. The predicted molar refractivity (Wildman–Crippen MR) is 131 cm³/mol. The highest BCUT2D eigenvalue weighted by Gasteiger charge is 2.27. The number of carbonyl (C=O) groups is 2. The van der Waals surface area contributed by atoms with Crippen LogP contribution in [0.1, 0.15) is 37.7 Å². The van der Waals surface area contributed by atoms with Gasteiger partial charge in [-0.05, 0) is 50.6 Å². The number of amides is 1. The van der Waals surface area contributed by atoms with Crippen molar-refractivity contribution in [2.24, 2.45) is 0 Å². The Morgan fingerprint density at radius 1 is 0.882 bits per heavy atom. The molecule has 0 saturated heterocycles. The average molecular weight is 461 g/mol. The molecule has 0 spiro atoms. The first-order valence-electron chi connectivity index (χ1n) is 11.4. The molecule has 0 saturated carbocycles. The van der Waals surface area contributed by atoms with Crippen molar-refractivity contribution in [1.29, 1.82) is 0 Å². The Morgan fingerprint density at radius 3 is 1.94 bits per heavy atom. The van der Waals surface area contributed by atoms with Crippen LogP contribution in [0.3, 0.4) is 0 Å². The zero-order valence-corrected chi connectivity index (χ0v) is 20.0. The molecule has 2 heterocycles. The van der Waals surface area contributed by atoms with Crippen molar-refractivity contribution >= 4 is 11.9 Å². The first-order valence-corrected chi connectivity index (χ1v) is 11.4. The van der Waals surface area contributed by atoms with Crippen LogP contribution in [-0.2, 0) is 33.8 Å². The summed E-state index contributed by atoms with van der Waals surface area (Å²) < 4.78 is 5.58. The van der Waals surface area contributed by atoms with Crippen LogP contribution in [0.5, 0.6) is 0 Å². The highest BCUT2D eigenvalue weighted by Crippen LogP contribution is 2.12. The number of nitrogens with zero attached hydrogens (tertiary/aromatic N) is 3. The van der Waals surface area contributed by atoms with Crippen LogP contribution >= 0.6 is 0 Å². The van der Waals surface area contributed by atoms with E-state index in [1.54, 1.807) is 12.4 Å². The third-order valence-corrected chi connectivity index (χ3v) is 4.90. The summed E-state index contributed by atoms with van der Waals surface area (Å²) in [5.74, 6) is -0.718. The fourth-order valence-electron chi connectivity index (χ4n) is 3.47. The van der Waals surface area contributed by atoms with Crippen LogP contribution in [0.25, 0.3) is 0 Å². The molecule has 2 aromatic heterocycles. The molecule has 1 atom stereocenters. The Labute approximate surface area is 201 Å². The van der Waals surface area contributed by atoms with Gasteiger partial charge in [0.1, 0.15) is 11.6 Å². The molecule has 0 fully saturated rings. The van der Waals surface area contributed by atoms with Gasteiger partial charge < -0.3 is 10.1 Å². The van der Waals surface area contributed by atoms with Gasteiger partial charge in [0.2, 0.25) is 5.91 Å². The molecular formula is C27H32N4O3. The maximum Gasteiger partial charge on any atom is 0.329 e. The molecule has 178 valence electrons. The summed E-state index contributed by atoms with van der Waals surface area (Å²) in [6.07, 6.45) is 3.81. The summed E-state index contributed by atoms with van der Waals surface area (Å²) in [6.45, 7) is 6.47. The largest absolute Gasteiger partial charge is 0.458 e. The second-order valence-corrected chi connectivity index (χ2v) is 9.13. The highest BCUT2D eigenvalue weighted by molar-refractivity contribution is 5.85. The Balaban J connectivity index is 1.73. The first-order chi connectivity index (χ1) is 16.3. The summed E-state index contributed by atoms with van der Waals surface area (Å²) in [5, 5.41) is 2.89. The lowest BCUT2D eigenvalue weighted by Gasteiger charge is -2.26. The van der Waals surface area contributed by atoms with E-state index in [-0.39, 0.29) is 12.5 Å². The molecule has 1 N–H and O–H groups in total. The van der Waals surface area contributed by atoms with E-state index in [0.29, 0.717) is 19.5 Å². The van der Waals surface area contributed by atoms with E-state index in [2.05, 4.69) is 15.3 Å². The van der Waals surface area contributed by atoms with E-state index in [1.807, 2.05) is 92.4 Å². The molecule has 1 aromatic carbocycles. The third kappa shape index (κ3) is 8.75. The topological polar surface area (TPSA) is 84.4 Å². The lowest BCUT2D eigenvalue weighted by molar-refractivity contribution is -0.158. The van der Waals surface area contributed by atoms with E-state index >= 15 is 0 Å². The SMILES string of the molecule is CC(C)(C)OC(=O)[C@H](Cc1ccccc1)NC(=O)CN(Cc1ccccn1)Cc1ccccn1. The van der Waals surface area contributed by atoms with Crippen LogP contribution in [0.2, 0.25) is 0 Å². The fourth-order valence-corrected chi connectivity index (χ4v) is 3.47. The van der Waals surface area contributed by atoms with E-state index in [4.69, 9.17) is 4.74 Å². The minimum atomic E-state index is -0.791. The quantitative estimate of drug-likeness (QED) is 0.466. The number of hydrogen-bond donors (Lipinski definition) is 1. The van der Waals surface area contributed by atoms with Gasteiger partial charge in [0.15, 0.2) is 0 Å². The van der Waals surface area contributed by atoms with Gasteiger partial charge in [-0.2, -0.15) is 0 Å². The van der Waals surface area contributed by atoms with E-state index in [0.717, 1.165) is 17.0 Å². The van der Waals surface area contributed by atoms with Gasteiger partial charge in [-0.25, -0.2) is 4.79 Å². The molecule has 0 radical (unpaired) electrons. The fraction of sp³-hybridized carbons (Fsp3) is 0.333. The number of rotatable bonds is 10. The average Bonchev–Trinajstić information content (AvgIpc) is 2.79. The number of hydrogen-bond acceptors (Lipinski definition) is 6. The molecule has 0 aliphatic heterocycles. The maximum atomic E-state index is 13.1. The van der Waals surface area contributed by atoms with Crippen molar-refractivity contribution in [3.05, 3.63) is 96.1 Å². The molecule has 34 heavy (non-hydrogen) atoms. The van der Waals surface area contributed by atoms with Crippen molar-refractivity contribution in [2.75, 3.05) is 6.54 Å². The number of ether oxygens (including phenoxy) is 1. The number of benzene rings is 1. The Morgan fingerprint density at radius 2 is 1.44 bits per heavy atom. The van der Waals surface area contributed by atoms with Crippen molar-refractivity contribution < 1.29 is 14.3 Å². The van der Waals surface area contributed by atoms with Gasteiger partial charge in [0.05, 0.1) is 17.9 Å². The van der Waals surface area contributed by atoms with Crippen molar-refractivity contribution in [1.82, 2.24) is 20.2 Å². The predicted octanol–water partition coefficient (Wildman–Crippen LogP) is 3.55. The molecular weight excluding hydrogens is 428 g/mol. The van der Waals surface area contributed by atoms with E-state index in [9.17, 15) is 9.59 Å². The summed E-state index contributed by atoms with van der Waals surface area (Å²) in [6, 6.07) is 20.2. The monoisotopic (exact) mass is 460 g/mol. The number of nitrogens with one attached hydrogen (secondary N) is 1. The standard InChI is InChI=1S/C27H32N4O3/c1-27(2,3)34-26(33)24(17-21-11-5-4-6-12-21)30-25(32)20-31(18-22-13-7-9-15-28-22)19-23-14-8-10-16-29-23/h4-16,24H,17-20H2,1-3H3,(H,30,32)/t24-/m0/s1. The Hall–Kier alpha value is -3.58. The van der Waals surface area contributed by atoms with Crippen LogP contribution in [-0.4, -0.2) is 44.9 Å². The van der Waals surface area contributed by atoms with Gasteiger partial charge in [0.25, 0.3) is 0 Å². The van der Waals surface area contributed by atoms with E-state index < -0.39 is 17.6 Å². The van der Waals surface area contributed by atoms with Gasteiger partial charge in [-0.1, -0.05) is 42.5 Å². The zero-order valence-electron chi connectivity index (χ0n) is 20.0. The second-order valence-electron chi connectivity index (χ2n) is 9.13. The lowest BCUT2D eigenvalue weighted by Crippen LogP contribution is -2.48. The van der Waals surface area contributed by atoms with Crippen molar-refractivity contribution in [3.63, 3.8) is 0 Å². The minimum Gasteiger partial charge on any atom is -0.458 e. The Kier molecular flexibility index (Phi) is 8.87. The Bertz CT molecular complexity index is 996. The number of carbonyl (C=O) groups excluding carboxylic acids is 2. The zero-order chi connectivity index (χ0) is 24.4. The summed E-state index contributed by atoms with van der Waals surface area (Å²) in [4.78, 5) is 36.7. The number of pyridine rings is 2. The molecule has 1 amide bonds. The number of aromatic nitrogens is 2. The molecule has 0 bridgehead atoms. The third-order valence-electron chi connectivity index (χ3n) is 4.90. The molecule has 7 nitrogen and oxygen atoms in total. The van der Waals surface area contributed by atoms with Gasteiger partial charge >= 0.3 is 5.97 Å².